The fourth-order valence-electron chi connectivity index (χ4n) is 3.45. The van der Waals surface area contributed by atoms with Crippen molar-refractivity contribution in [2.24, 2.45) is 0 Å². The summed E-state index contributed by atoms with van der Waals surface area (Å²) in [7, 11) is 0. The van der Waals surface area contributed by atoms with Gasteiger partial charge in [-0.05, 0) is 60.2 Å². The number of urea groups is 1. The molecule has 0 saturated carbocycles. The van der Waals surface area contributed by atoms with Crippen molar-refractivity contribution >= 4 is 80.3 Å². The Bertz CT molecular complexity index is 1510. The second-order valence-electron chi connectivity index (χ2n) is 7.84. The van der Waals surface area contributed by atoms with Crippen molar-refractivity contribution < 1.29 is 32.3 Å². The molecule has 0 unspecified atom stereocenters. The van der Waals surface area contributed by atoms with Gasteiger partial charge >= 0.3 is 12.2 Å². The van der Waals surface area contributed by atoms with Gasteiger partial charge in [-0.25, -0.2) is 9.69 Å². The van der Waals surface area contributed by atoms with Crippen LogP contribution in [0.5, 0.6) is 5.75 Å². The molecule has 3 aromatic carbocycles. The molecule has 38 heavy (non-hydrogen) atoms. The lowest BCUT2D eigenvalue weighted by atomic mass is 10.1. The van der Waals surface area contributed by atoms with E-state index in [1.54, 1.807) is 36.4 Å². The predicted molar refractivity (Wildman–Crippen MR) is 140 cm³/mol. The average Bonchev–Trinajstić information content (AvgIpc) is 2.83. The van der Waals surface area contributed by atoms with E-state index in [1.165, 1.54) is 0 Å². The summed E-state index contributed by atoms with van der Waals surface area (Å²) < 4.78 is 46.2. The highest BCUT2D eigenvalue weighted by atomic mass is 79.9. The fraction of sp³-hybridized carbons (Fsp3) is 0.0800. The summed E-state index contributed by atoms with van der Waals surface area (Å²) in [5.74, 6) is -1.96. The van der Waals surface area contributed by atoms with Crippen LogP contribution in [0.1, 0.15) is 16.7 Å². The van der Waals surface area contributed by atoms with Gasteiger partial charge in [-0.15, -0.1) is 0 Å². The van der Waals surface area contributed by atoms with Gasteiger partial charge < -0.3 is 4.74 Å². The first-order valence-corrected chi connectivity index (χ1v) is 12.4. The van der Waals surface area contributed by atoms with Gasteiger partial charge in [0.05, 0.1) is 26.3 Å². The van der Waals surface area contributed by atoms with Crippen LogP contribution in [0.2, 0.25) is 15.1 Å². The molecule has 0 bridgehead atoms. The van der Waals surface area contributed by atoms with Crippen molar-refractivity contribution in [3.63, 3.8) is 0 Å². The SMILES string of the molecule is O=C1NC(=O)N(c2cc(C(F)(F)F)ccc2Cl)C(=O)/C1=C\c1cc(Br)ccc1OCc1ccc(Cl)c(Cl)c1. The number of carbonyl (C=O) groups is 3. The molecule has 1 aliphatic rings. The Labute approximate surface area is 237 Å². The van der Waals surface area contributed by atoms with E-state index in [0.29, 0.717) is 37.1 Å². The van der Waals surface area contributed by atoms with Gasteiger partial charge in [0.15, 0.2) is 0 Å². The normalized spacial score (nSPS) is 15.2. The summed E-state index contributed by atoms with van der Waals surface area (Å²) >= 11 is 21.3. The van der Waals surface area contributed by atoms with Crippen molar-refractivity contribution in [2.75, 3.05) is 4.90 Å². The molecule has 0 aromatic heterocycles. The molecule has 0 radical (unpaired) electrons. The van der Waals surface area contributed by atoms with Crippen LogP contribution < -0.4 is 15.0 Å². The smallest absolute Gasteiger partial charge is 0.416 e. The van der Waals surface area contributed by atoms with Gasteiger partial charge in [0.25, 0.3) is 11.8 Å². The van der Waals surface area contributed by atoms with Crippen LogP contribution in [0.25, 0.3) is 6.08 Å². The molecule has 0 aliphatic carbocycles. The van der Waals surface area contributed by atoms with Crippen LogP contribution in [0.4, 0.5) is 23.7 Å². The van der Waals surface area contributed by atoms with E-state index in [-0.39, 0.29) is 22.9 Å². The topological polar surface area (TPSA) is 75.7 Å². The summed E-state index contributed by atoms with van der Waals surface area (Å²) in [6.07, 6.45) is -3.60. The molecular weight excluding hydrogens is 636 g/mol. The fourth-order valence-corrected chi connectivity index (χ4v) is 4.35. The van der Waals surface area contributed by atoms with E-state index in [4.69, 9.17) is 39.5 Å². The van der Waals surface area contributed by atoms with Gasteiger partial charge in [-0.1, -0.05) is 56.8 Å². The number of nitrogens with one attached hydrogen (secondary N) is 1. The Morgan fingerprint density at radius 2 is 1.63 bits per heavy atom. The molecule has 13 heteroatoms. The number of carbonyl (C=O) groups excluding carboxylic acids is 3. The van der Waals surface area contributed by atoms with Crippen LogP contribution in [-0.4, -0.2) is 17.8 Å². The summed E-state index contributed by atoms with van der Waals surface area (Å²) in [6, 6.07) is 10.6. The van der Waals surface area contributed by atoms with Crippen molar-refractivity contribution in [2.45, 2.75) is 12.8 Å². The monoisotopic (exact) mass is 646 g/mol. The summed E-state index contributed by atoms with van der Waals surface area (Å²) in [4.78, 5) is 38.8. The van der Waals surface area contributed by atoms with E-state index in [0.717, 1.165) is 12.1 Å². The molecular formula is C25H13BrCl3F3N2O4. The molecule has 196 valence electrons. The average molecular weight is 649 g/mol. The maximum Gasteiger partial charge on any atom is 0.416 e. The van der Waals surface area contributed by atoms with Gasteiger partial charge in [0.1, 0.15) is 17.9 Å². The van der Waals surface area contributed by atoms with E-state index < -0.39 is 40.8 Å². The van der Waals surface area contributed by atoms with Crippen molar-refractivity contribution in [1.82, 2.24) is 5.32 Å². The molecule has 3 aromatic rings. The first-order valence-electron chi connectivity index (χ1n) is 10.5. The molecule has 1 heterocycles. The third-order valence-electron chi connectivity index (χ3n) is 5.27. The van der Waals surface area contributed by atoms with Gasteiger partial charge in [-0.2, -0.15) is 13.2 Å². The van der Waals surface area contributed by atoms with Gasteiger partial charge in [0.2, 0.25) is 0 Å². The van der Waals surface area contributed by atoms with Crippen LogP contribution in [0.15, 0.2) is 64.6 Å². The zero-order valence-electron chi connectivity index (χ0n) is 18.7. The first-order chi connectivity index (χ1) is 17.8. The standard InChI is InChI=1S/C25H13BrCl3F3N2O4/c26-15-3-6-21(38-11-12-1-4-17(27)19(29)7-12)13(8-15)9-16-22(35)33-24(37)34(23(16)36)20-10-14(25(30,31)32)2-5-18(20)28/h1-10H,11H2,(H,33,35,37)/b16-9-. The highest BCUT2D eigenvalue weighted by Crippen LogP contribution is 2.37. The van der Waals surface area contributed by atoms with Crippen LogP contribution >= 0.6 is 50.7 Å². The Hall–Kier alpha value is -3.05. The Balaban J connectivity index is 1.71. The molecule has 0 spiro atoms. The maximum absolute atomic E-state index is 13.3. The van der Waals surface area contributed by atoms with Crippen LogP contribution in [0.3, 0.4) is 0 Å². The number of amides is 4. The highest BCUT2D eigenvalue weighted by Gasteiger charge is 2.39. The van der Waals surface area contributed by atoms with Crippen molar-refractivity contribution in [3.8, 4) is 5.75 Å². The Morgan fingerprint density at radius 1 is 0.921 bits per heavy atom. The van der Waals surface area contributed by atoms with Crippen molar-refractivity contribution in [1.29, 1.82) is 0 Å². The molecule has 0 atom stereocenters. The molecule has 1 aliphatic heterocycles. The molecule has 4 amide bonds. The summed E-state index contributed by atoms with van der Waals surface area (Å²) in [5, 5.41) is 2.35. The highest BCUT2D eigenvalue weighted by molar-refractivity contribution is 9.10. The summed E-state index contributed by atoms with van der Waals surface area (Å²) in [6.45, 7) is 0.0549. The van der Waals surface area contributed by atoms with Crippen LogP contribution in [0, 0.1) is 0 Å². The van der Waals surface area contributed by atoms with Crippen molar-refractivity contribution in [3.05, 3.63) is 96.4 Å². The zero-order chi connectivity index (χ0) is 27.8. The Kier molecular flexibility index (Phi) is 8.08. The van der Waals surface area contributed by atoms with E-state index >= 15 is 0 Å². The quantitative estimate of drug-likeness (QED) is 0.228. The zero-order valence-corrected chi connectivity index (χ0v) is 22.6. The molecule has 1 saturated heterocycles. The number of hydrogen-bond acceptors (Lipinski definition) is 4. The number of hydrogen-bond donors (Lipinski definition) is 1. The van der Waals surface area contributed by atoms with Gasteiger partial charge in [-0.3, -0.25) is 14.9 Å². The number of halogens is 7. The third kappa shape index (κ3) is 5.99. The largest absolute Gasteiger partial charge is 0.488 e. The lowest BCUT2D eigenvalue weighted by Gasteiger charge is -2.27. The number of imide groups is 2. The summed E-state index contributed by atoms with van der Waals surface area (Å²) in [5.41, 5.74) is -1.25. The molecule has 1 N–H and O–H groups in total. The van der Waals surface area contributed by atoms with E-state index in [9.17, 15) is 27.6 Å². The lowest BCUT2D eigenvalue weighted by molar-refractivity contribution is -0.137. The number of benzene rings is 3. The minimum atomic E-state index is -4.76. The maximum atomic E-state index is 13.3. The second-order valence-corrected chi connectivity index (χ2v) is 9.98. The first kappa shape index (κ1) is 28.0. The third-order valence-corrected chi connectivity index (χ3v) is 6.82. The lowest BCUT2D eigenvalue weighted by Crippen LogP contribution is -2.54. The molecule has 1 fully saturated rings. The molecule has 4 rings (SSSR count). The second kappa shape index (κ2) is 11.0. The number of alkyl halides is 3. The minimum absolute atomic E-state index is 0.0549. The number of rotatable bonds is 5. The minimum Gasteiger partial charge on any atom is -0.488 e. The van der Waals surface area contributed by atoms with Gasteiger partial charge in [0, 0.05) is 10.0 Å². The van der Waals surface area contributed by atoms with Crippen LogP contribution in [-0.2, 0) is 22.4 Å². The van der Waals surface area contributed by atoms with E-state index in [2.05, 4.69) is 15.9 Å². The molecule has 6 nitrogen and oxygen atoms in total. The number of anilines is 1. The number of ether oxygens (including phenoxy) is 1. The Morgan fingerprint density at radius 3 is 2.32 bits per heavy atom. The number of nitrogens with zero attached hydrogens (tertiary/aromatic N) is 1. The number of barbiturate groups is 1. The van der Waals surface area contributed by atoms with E-state index in [1.807, 2.05) is 5.32 Å². The predicted octanol–water partition coefficient (Wildman–Crippen LogP) is 7.67.